The van der Waals surface area contributed by atoms with Crippen molar-refractivity contribution in [2.24, 2.45) is 0 Å². The molecule has 12 rings (SSSR count). The van der Waals surface area contributed by atoms with Crippen molar-refractivity contribution in [1.82, 2.24) is 19.9 Å². The lowest BCUT2D eigenvalue weighted by molar-refractivity contribution is -0.0692. The molecule has 0 atom stereocenters. The van der Waals surface area contributed by atoms with Crippen molar-refractivity contribution in [2.75, 3.05) is 43.6 Å². The molecule has 4 heterocycles. The Balaban J connectivity index is 0.000000181. The summed E-state index contributed by atoms with van der Waals surface area (Å²) in [4.78, 5) is 30.8. The molecule has 632 valence electrons. The highest BCUT2D eigenvalue weighted by Crippen LogP contribution is 2.44. The molecule has 0 aliphatic heterocycles. The Kier molecular flexibility index (Phi) is 36.9. The van der Waals surface area contributed by atoms with Crippen LogP contribution in [-0.4, -0.2) is 96.8 Å². The number of rotatable bonds is 38. The summed E-state index contributed by atoms with van der Waals surface area (Å²) >= 11 is 10.9. The molecule has 0 spiro atoms. The number of thiazole rings is 3. The average molecular weight is 1800 g/mol. The molecular formula is C80H70F16N8O8S7. The van der Waals surface area contributed by atoms with Crippen molar-refractivity contribution in [3.63, 3.8) is 0 Å². The van der Waals surface area contributed by atoms with Gasteiger partial charge in [-0.3, -0.25) is 19.9 Å². The van der Waals surface area contributed by atoms with Gasteiger partial charge >= 0.3 is 52.9 Å². The van der Waals surface area contributed by atoms with Crippen LogP contribution in [0.3, 0.4) is 0 Å². The van der Waals surface area contributed by atoms with E-state index in [-0.39, 0.29) is 0 Å². The molecule has 12 aromatic rings. The first-order valence-corrected chi connectivity index (χ1v) is 41.9. The molecule has 0 unspecified atom stereocenters. The normalized spacial score (nSPS) is 11.1. The van der Waals surface area contributed by atoms with Crippen molar-refractivity contribution in [3.05, 3.63) is 250 Å². The van der Waals surface area contributed by atoms with Crippen LogP contribution >= 0.6 is 81.1 Å². The predicted molar refractivity (Wildman–Crippen MR) is 435 cm³/mol. The zero-order chi connectivity index (χ0) is 85.3. The van der Waals surface area contributed by atoms with Crippen LogP contribution in [0.5, 0.6) is 46.0 Å². The van der Waals surface area contributed by atoms with Crippen molar-refractivity contribution in [3.8, 4) is 46.0 Å². The van der Waals surface area contributed by atoms with E-state index >= 15 is 0 Å². The molecular weight excluding hydrogens is 1730 g/mol. The minimum Gasteiger partial charge on any atom is -0.431 e. The largest absolute Gasteiger partial charge is 0.431 e. The molecule has 0 radical (unpaired) electrons. The minimum atomic E-state index is -3.19. The van der Waals surface area contributed by atoms with Crippen LogP contribution in [0.1, 0.15) is 34.0 Å². The Morgan fingerprint density at radius 2 is 0.571 bits per heavy atom. The van der Waals surface area contributed by atoms with Gasteiger partial charge in [-0.25, -0.2) is 0 Å². The summed E-state index contributed by atoms with van der Waals surface area (Å²) in [6.45, 7) is -19.7. The lowest BCUT2D eigenvalue weighted by Crippen LogP contribution is -2.17. The third-order valence-corrected chi connectivity index (χ3v) is 21.4. The van der Waals surface area contributed by atoms with Gasteiger partial charge in [-0.05, 0) is 175 Å². The Labute approximate surface area is 702 Å². The molecule has 0 aliphatic carbocycles. The van der Waals surface area contributed by atoms with E-state index in [1.165, 1.54) is 107 Å². The van der Waals surface area contributed by atoms with Crippen LogP contribution in [0.15, 0.2) is 249 Å². The maximum atomic E-state index is 12.9. The molecule has 0 bridgehead atoms. The number of nitrogens with zero attached hydrogens (tertiary/aromatic N) is 8. The van der Waals surface area contributed by atoms with Crippen molar-refractivity contribution in [2.45, 2.75) is 113 Å². The van der Waals surface area contributed by atoms with E-state index in [0.717, 1.165) is 74.0 Å². The van der Waals surface area contributed by atoms with Gasteiger partial charge in [0.2, 0.25) is 0 Å². The molecule has 0 N–H and O–H groups in total. The van der Waals surface area contributed by atoms with Crippen LogP contribution in [0.2, 0.25) is 0 Å². The minimum absolute atomic E-state index is 0.372. The molecule has 8 aromatic carbocycles. The fraction of sp³-hybridized carbons (Fsp3) is 0.225. The number of hydrogen-bond acceptors (Lipinski definition) is 23. The summed E-state index contributed by atoms with van der Waals surface area (Å²) in [7, 11) is 0. The molecule has 0 aliphatic rings. The second kappa shape index (κ2) is 47.5. The summed E-state index contributed by atoms with van der Waals surface area (Å²) in [6, 6.07) is 50.4. The van der Waals surface area contributed by atoms with Gasteiger partial charge in [0.05, 0.1) is 36.2 Å². The lowest BCUT2D eigenvalue weighted by Gasteiger charge is -2.26. The smallest absolute Gasteiger partial charge is 0.387 e. The maximum absolute atomic E-state index is 12.9. The van der Waals surface area contributed by atoms with Gasteiger partial charge in [0.15, 0.2) is 46.0 Å². The first-order chi connectivity index (χ1) is 57.3. The predicted octanol–water partition coefficient (Wildman–Crippen LogP) is 26.3. The van der Waals surface area contributed by atoms with Gasteiger partial charge in [-0.2, -0.15) is 70.2 Å². The summed E-state index contributed by atoms with van der Waals surface area (Å²) < 4.78 is 239. The van der Waals surface area contributed by atoms with E-state index in [4.69, 9.17) is 0 Å². The fourth-order valence-electron chi connectivity index (χ4n) is 10.9. The van der Waals surface area contributed by atoms with Gasteiger partial charge in [0.1, 0.15) is 0 Å². The van der Waals surface area contributed by atoms with E-state index in [0.29, 0.717) is 48.9 Å². The van der Waals surface area contributed by atoms with E-state index in [9.17, 15) is 70.2 Å². The Bertz CT molecular complexity index is 4950. The number of alkyl halides is 16. The molecule has 0 fully saturated rings. The van der Waals surface area contributed by atoms with Crippen LogP contribution in [0.25, 0.3) is 0 Å². The van der Waals surface area contributed by atoms with Gasteiger partial charge in [0, 0.05) is 142 Å². The Morgan fingerprint density at radius 1 is 0.286 bits per heavy atom. The monoisotopic (exact) mass is 1800 g/mol. The Hall–Kier alpha value is -10.3. The number of pyridine rings is 1. The van der Waals surface area contributed by atoms with Gasteiger partial charge in [-0.1, -0.05) is 26.0 Å². The van der Waals surface area contributed by atoms with E-state index in [1.54, 1.807) is 101 Å². The molecule has 0 saturated carbocycles. The van der Waals surface area contributed by atoms with Gasteiger partial charge in [-0.15, -0.1) is 81.1 Å². The summed E-state index contributed by atoms with van der Waals surface area (Å²) in [5, 5.41) is 0. The van der Waals surface area contributed by atoms with Gasteiger partial charge in [0.25, 0.3) is 0 Å². The highest BCUT2D eigenvalue weighted by molar-refractivity contribution is 7.99. The first kappa shape index (κ1) is 92.6. The molecule has 119 heavy (non-hydrogen) atoms. The topological polar surface area (TPSA) is 138 Å². The summed E-state index contributed by atoms with van der Waals surface area (Å²) in [5.41, 5.74) is 11.0. The highest BCUT2D eigenvalue weighted by atomic mass is 32.2. The van der Waals surface area contributed by atoms with Crippen LogP contribution in [0.4, 0.5) is 116 Å². The number of thioether (sulfide) groups is 4. The molecule has 4 aromatic heterocycles. The van der Waals surface area contributed by atoms with Crippen LogP contribution in [-0.2, 0) is 26.2 Å². The molecule has 0 saturated heterocycles. The summed E-state index contributed by atoms with van der Waals surface area (Å²) in [6.07, 6.45) is 12.4. The van der Waals surface area contributed by atoms with E-state index in [1.807, 2.05) is 135 Å². The van der Waals surface area contributed by atoms with Crippen molar-refractivity contribution in [1.29, 1.82) is 0 Å². The second-order valence-electron chi connectivity index (χ2n) is 23.4. The zero-order valence-electron chi connectivity index (χ0n) is 62.5. The third-order valence-electron chi connectivity index (χ3n) is 15.8. The zero-order valence-corrected chi connectivity index (χ0v) is 68.3. The highest BCUT2D eigenvalue weighted by Gasteiger charge is 2.26. The van der Waals surface area contributed by atoms with E-state index < -0.39 is 98.9 Å². The SMILES string of the molecule is CCSc1ccc(N(Cc2cccnc2)c2ccc(OC(F)F)c(OC(F)F)c2)cc1.CCSc1ccc(N(Cc2cncs2)c2ccc(OC(F)F)c(OC(F)F)c2)cc1.CSc1ccc(N(Cc2cncs2)c2ccc(OC(F)F)c(OC(F)F)c2)cc1.CSc1cccc(N(Cc2cncs2)c2ccc(OC(F)F)c(OC(F)F)c2)c1. The molecule has 39 heteroatoms. The molecule has 16 nitrogen and oxygen atoms in total. The number of hydrogen-bond donors (Lipinski definition) is 0. The number of anilines is 8. The first-order valence-electron chi connectivity index (χ1n) is 34.8. The maximum Gasteiger partial charge on any atom is 0.387 e. The number of benzene rings is 8. The Morgan fingerprint density at radius 3 is 0.849 bits per heavy atom. The second-order valence-corrected chi connectivity index (χ2v) is 30.8. The van der Waals surface area contributed by atoms with Crippen molar-refractivity contribution >= 4 is 127 Å². The number of aromatic nitrogens is 4. The molecule has 0 amide bonds. The standard InChI is InChI=1S/C22H20F4N2O2S.C20H18F4N2O2S2.2C19H16F4N2O2S2/c1-2-31-18-8-5-16(6-9-18)28(14-15-4-3-11-27-13-15)17-7-10-19(29-21(23)24)20(12-17)30-22(25)26;1-2-29-15-6-3-13(4-7-15)26(11-16-10-25-12-30-16)14-5-8-17(27-19(21)22)18(9-14)28-20(23)24;1-28-14-5-2-12(3-6-14)25(10-15-9-24-11-29-15)13-4-7-16(26-18(20)21)17(8-13)27-19(22)23;1-28-14-4-2-3-12(7-14)25(10-15-9-24-11-29-15)13-5-6-16(26-18(20)21)17(8-13)27-19(22)23/h3-13,21-22H,2,14H2,1H3;3-10,12,19-20H,2,11H2,1H3;2*2-9,11,18-19H,10H2,1H3. The average Bonchev–Trinajstić information content (AvgIpc) is 1.82. The van der Waals surface area contributed by atoms with Crippen LogP contribution < -0.4 is 57.5 Å². The van der Waals surface area contributed by atoms with E-state index in [2.05, 4.69) is 71.7 Å². The van der Waals surface area contributed by atoms with Crippen molar-refractivity contribution < 1.29 is 108 Å². The lowest BCUT2D eigenvalue weighted by atomic mass is 10.2. The third kappa shape index (κ3) is 29.9. The number of halogens is 16. The summed E-state index contributed by atoms with van der Waals surface area (Å²) in [5.74, 6) is -1.84. The van der Waals surface area contributed by atoms with Gasteiger partial charge < -0.3 is 57.5 Å². The number of ether oxygens (including phenoxy) is 8. The van der Waals surface area contributed by atoms with Crippen LogP contribution in [0, 0.1) is 0 Å². The fourth-order valence-corrected chi connectivity index (χ4v) is 14.9. The quantitative estimate of drug-likeness (QED) is 0.0268.